The Hall–Kier alpha value is -2.13. The molecule has 1 aliphatic carbocycles. The van der Waals surface area contributed by atoms with Gasteiger partial charge < -0.3 is 4.74 Å². The van der Waals surface area contributed by atoms with E-state index < -0.39 is 11.5 Å². The van der Waals surface area contributed by atoms with E-state index >= 15 is 0 Å². The van der Waals surface area contributed by atoms with Crippen LogP contribution in [0, 0.1) is 6.92 Å². The fourth-order valence-electron chi connectivity index (χ4n) is 4.23. The highest BCUT2D eigenvalue weighted by molar-refractivity contribution is 6.30. The van der Waals surface area contributed by atoms with Crippen molar-refractivity contribution < 1.29 is 14.3 Å². The third kappa shape index (κ3) is 2.84. The molecule has 3 nitrogen and oxygen atoms in total. The zero-order valence-electron chi connectivity index (χ0n) is 14.8. The summed E-state index contributed by atoms with van der Waals surface area (Å²) in [6, 6.07) is 13.5. The molecule has 0 radical (unpaired) electrons. The van der Waals surface area contributed by atoms with Crippen LogP contribution >= 0.6 is 11.6 Å². The molecular weight excluding hydrogens is 348 g/mol. The van der Waals surface area contributed by atoms with E-state index in [4.69, 9.17) is 16.3 Å². The van der Waals surface area contributed by atoms with Crippen molar-refractivity contribution in [2.45, 2.75) is 50.5 Å². The van der Waals surface area contributed by atoms with E-state index in [2.05, 4.69) is 0 Å². The van der Waals surface area contributed by atoms with Crippen molar-refractivity contribution in [3.05, 3.63) is 58.6 Å². The van der Waals surface area contributed by atoms with Crippen LogP contribution in [-0.4, -0.2) is 17.4 Å². The van der Waals surface area contributed by atoms with Gasteiger partial charge in [0.05, 0.1) is 0 Å². The zero-order chi connectivity index (χ0) is 18.3. The molecule has 2 fully saturated rings. The molecule has 0 bridgehead atoms. The van der Waals surface area contributed by atoms with Crippen LogP contribution in [0.5, 0.6) is 0 Å². The molecule has 4 rings (SSSR count). The number of carbonyl (C=O) groups excluding carboxylic acids is 2. The first kappa shape index (κ1) is 17.3. The lowest BCUT2D eigenvalue weighted by Gasteiger charge is -2.29. The molecule has 1 atom stereocenters. The van der Waals surface area contributed by atoms with Crippen LogP contribution in [0.1, 0.15) is 49.1 Å². The minimum atomic E-state index is -0.874. The van der Waals surface area contributed by atoms with Gasteiger partial charge in [-0.25, -0.2) is 0 Å². The minimum absolute atomic E-state index is 0.0513. The van der Waals surface area contributed by atoms with Gasteiger partial charge >= 0.3 is 5.97 Å². The molecule has 1 spiro atoms. The standard InChI is InChI=1S/C22H21ClO3/c1-14-13-16(15-5-8-17(23)9-6-15)7-10-18(14)19-20(24)22(26-21(19)25)11-3-2-4-12-22/h5-10,13,19H,2-4,11-12H2,1H3. The van der Waals surface area contributed by atoms with Crippen molar-refractivity contribution >= 4 is 23.4 Å². The fourth-order valence-corrected chi connectivity index (χ4v) is 4.36. The minimum Gasteiger partial charge on any atom is -0.450 e. The summed E-state index contributed by atoms with van der Waals surface area (Å²) in [6.07, 6.45) is 4.32. The molecule has 1 heterocycles. The van der Waals surface area contributed by atoms with Crippen LogP contribution in [0.2, 0.25) is 5.02 Å². The Balaban J connectivity index is 1.66. The Morgan fingerprint density at radius 1 is 0.962 bits per heavy atom. The summed E-state index contributed by atoms with van der Waals surface area (Å²) in [6.45, 7) is 1.95. The topological polar surface area (TPSA) is 43.4 Å². The maximum Gasteiger partial charge on any atom is 0.322 e. The van der Waals surface area contributed by atoms with Crippen LogP contribution in [-0.2, 0) is 14.3 Å². The lowest BCUT2D eigenvalue weighted by Crippen LogP contribution is -2.39. The number of hydrogen-bond donors (Lipinski definition) is 0. The Labute approximate surface area is 158 Å². The number of benzene rings is 2. The lowest BCUT2D eigenvalue weighted by atomic mass is 9.77. The molecule has 2 aliphatic rings. The summed E-state index contributed by atoms with van der Waals surface area (Å²) in [4.78, 5) is 25.6. The van der Waals surface area contributed by atoms with E-state index in [1.807, 2.05) is 49.4 Å². The zero-order valence-corrected chi connectivity index (χ0v) is 15.5. The molecule has 4 heteroatoms. The van der Waals surface area contributed by atoms with E-state index in [0.717, 1.165) is 41.5 Å². The summed E-state index contributed by atoms with van der Waals surface area (Å²) in [5.41, 5.74) is 2.91. The van der Waals surface area contributed by atoms with Gasteiger partial charge in [-0.2, -0.15) is 0 Å². The highest BCUT2D eigenvalue weighted by Crippen LogP contribution is 2.44. The largest absolute Gasteiger partial charge is 0.450 e. The summed E-state index contributed by atoms with van der Waals surface area (Å²) >= 11 is 5.96. The van der Waals surface area contributed by atoms with Gasteiger partial charge in [0, 0.05) is 5.02 Å². The second-order valence-electron chi connectivity index (χ2n) is 7.35. The van der Waals surface area contributed by atoms with Crippen LogP contribution < -0.4 is 0 Å². The van der Waals surface area contributed by atoms with E-state index in [-0.39, 0.29) is 11.8 Å². The second kappa shape index (κ2) is 6.55. The van der Waals surface area contributed by atoms with Gasteiger partial charge in [-0.15, -0.1) is 0 Å². The highest BCUT2D eigenvalue weighted by atomic mass is 35.5. The first-order valence-corrected chi connectivity index (χ1v) is 9.52. The number of ether oxygens (including phenoxy) is 1. The van der Waals surface area contributed by atoms with Crippen molar-refractivity contribution in [1.82, 2.24) is 0 Å². The summed E-state index contributed by atoms with van der Waals surface area (Å²) < 4.78 is 5.65. The molecule has 0 amide bonds. The van der Waals surface area contributed by atoms with E-state index in [0.29, 0.717) is 17.9 Å². The van der Waals surface area contributed by atoms with Crippen LogP contribution in [0.25, 0.3) is 11.1 Å². The molecule has 2 aromatic rings. The molecule has 0 aromatic heterocycles. The third-order valence-corrected chi connectivity index (χ3v) is 5.91. The summed E-state index contributed by atoms with van der Waals surface area (Å²) in [7, 11) is 0. The van der Waals surface area contributed by atoms with Crippen molar-refractivity contribution in [2.75, 3.05) is 0 Å². The average molecular weight is 369 g/mol. The molecule has 2 aromatic carbocycles. The monoisotopic (exact) mass is 368 g/mol. The van der Waals surface area contributed by atoms with Crippen molar-refractivity contribution in [3.8, 4) is 11.1 Å². The number of carbonyl (C=O) groups is 2. The van der Waals surface area contributed by atoms with Crippen molar-refractivity contribution in [2.24, 2.45) is 0 Å². The van der Waals surface area contributed by atoms with E-state index in [9.17, 15) is 9.59 Å². The van der Waals surface area contributed by atoms with Gasteiger partial charge in [0.1, 0.15) is 5.92 Å². The number of aryl methyl sites for hydroxylation is 1. The second-order valence-corrected chi connectivity index (χ2v) is 7.79. The van der Waals surface area contributed by atoms with Gasteiger partial charge in [-0.05, 0) is 67.0 Å². The molecular formula is C22H21ClO3. The molecule has 0 N–H and O–H groups in total. The van der Waals surface area contributed by atoms with Crippen molar-refractivity contribution in [3.63, 3.8) is 0 Å². The number of ketones is 1. The Bertz CT molecular complexity index is 863. The molecule has 1 aliphatic heterocycles. The average Bonchev–Trinajstić information content (AvgIpc) is 2.86. The number of hydrogen-bond acceptors (Lipinski definition) is 3. The predicted molar refractivity (Wildman–Crippen MR) is 101 cm³/mol. The third-order valence-electron chi connectivity index (χ3n) is 5.66. The smallest absolute Gasteiger partial charge is 0.322 e. The highest BCUT2D eigenvalue weighted by Gasteiger charge is 2.55. The number of halogens is 1. The maximum atomic E-state index is 13.1. The number of Topliss-reactive ketones (excluding diaryl/α,β-unsaturated/α-hetero) is 1. The fraction of sp³-hybridized carbons (Fsp3) is 0.364. The van der Waals surface area contributed by atoms with Gasteiger partial charge in [-0.3, -0.25) is 9.59 Å². The molecule has 1 unspecified atom stereocenters. The van der Waals surface area contributed by atoms with E-state index in [1.165, 1.54) is 0 Å². The normalized spacial score (nSPS) is 21.8. The molecule has 134 valence electrons. The number of esters is 1. The first-order valence-electron chi connectivity index (χ1n) is 9.14. The quantitative estimate of drug-likeness (QED) is 0.538. The summed E-state index contributed by atoms with van der Waals surface area (Å²) in [5, 5.41) is 0.694. The van der Waals surface area contributed by atoms with Gasteiger partial charge in [0.2, 0.25) is 0 Å². The Morgan fingerprint density at radius 2 is 1.62 bits per heavy atom. The SMILES string of the molecule is Cc1cc(-c2ccc(Cl)cc2)ccc1C1C(=O)OC2(CCCCC2)C1=O. The maximum absolute atomic E-state index is 13.1. The predicted octanol–water partition coefficient (Wildman–Crippen LogP) is 5.23. The van der Waals surface area contributed by atoms with Gasteiger partial charge in [0.15, 0.2) is 11.4 Å². The molecule has 26 heavy (non-hydrogen) atoms. The summed E-state index contributed by atoms with van der Waals surface area (Å²) in [5.74, 6) is -1.23. The Kier molecular flexibility index (Phi) is 4.36. The molecule has 1 saturated heterocycles. The van der Waals surface area contributed by atoms with Crippen LogP contribution in [0.15, 0.2) is 42.5 Å². The number of rotatable bonds is 2. The van der Waals surface area contributed by atoms with E-state index in [1.54, 1.807) is 0 Å². The Morgan fingerprint density at radius 3 is 2.27 bits per heavy atom. The van der Waals surface area contributed by atoms with Crippen LogP contribution in [0.4, 0.5) is 0 Å². The van der Waals surface area contributed by atoms with Crippen LogP contribution in [0.3, 0.4) is 0 Å². The van der Waals surface area contributed by atoms with Crippen molar-refractivity contribution in [1.29, 1.82) is 0 Å². The molecule has 1 saturated carbocycles. The lowest BCUT2D eigenvalue weighted by molar-refractivity contribution is -0.154. The first-order chi connectivity index (χ1) is 12.5. The van der Waals surface area contributed by atoms with Gasteiger partial charge in [-0.1, -0.05) is 48.4 Å². The van der Waals surface area contributed by atoms with Gasteiger partial charge in [0.25, 0.3) is 0 Å².